The first-order valence-corrected chi connectivity index (χ1v) is 10.9. The molecule has 0 saturated carbocycles. The highest BCUT2D eigenvalue weighted by molar-refractivity contribution is 7.09. The summed E-state index contributed by atoms with van der Waals surface area (Å²) in [6.45, 7) is 0.690. The molecule has 0 aliphatic heterocycles. The van der Waals surface area contributed by atoms with Gasteiger partial charge in [0.2, 0.25) is 5.88 Å². The van der Waals surface area contributed by atoms with Gasteiger partial charge in [-0.15, -0.1) is 0 Å². The van der Waals surface area contributed by atoms with Gasteiger partial charge in [0.05, 0.1) is 11.1 Å². The number of ether oxygens (including phenoxy) is 1. The number of hydrogen-bond donors (Lipinski definition) is 2. The first kappa shape index (κ1) is 21.4. The molecule has 0 saturated heterocycles. The number of benzene rings is 3. The first-order valence-electron chi connectivity index (χ1n) is 10.1. The van der Waals surface area contributed by atoms with E-state index in [1.54, 1.807) is 6.21 Å². The zero-order valence-electron chi connectivity index (χ0n) is 17.2. The predicted molar refractivity (Wildman–Crippen MR) is 127 cm³/mol. The van der Waals surface area contributed by atoms with Gasteiger partial charge in [-0.2, -0.15) is 0 Å². The summed E-state index contributed by atoms with van der Waals surface area (Å²) in [6.07, 6.45) is 2.16. The lowest BCUT2D eigenvalue weighted by Gasteiger charge is -2.06. The summed E-state index contributed by atoms with van der Waals surface area (Å²) in [7, 11) is 0. The maximum atomic E-state index is 11.3. The summed E-state index contributed by atoms with van der Waals surface area (Å²) in [4.78, 5) is 19.3. The zero-order chi connectivity index (χ0) is 22.2. The summed E-state index contributed by atoms with van der Waals surface area (Å²) in [5.41, 5.74) is 4.27. The molecular weight excluding hydrogens is 424 g/mol. The van der Waals surface area contributed by atoms with Gasteiger partial charge in [0.1, 0.15) is 12.4 Å². The molecule has 7 heteroatoms. The summed E-state index contributed by atoms with van der Waals surface area (Å²) in [5.74, 6) is 0.648. The van der Waals surface area contributed by atoms with Gasteiger partial charge in [-0.3, -0.25) is 9.78 Å². The van der Waals surface area contributed by atoms with Crippen LogP contribution in [0.4, 0.5) is 0 Å². The lowest BCUT2D eigenvalue weighted by molar-refractivity contribution is 0.108. The Morgan fingerprint density at radius 3 is 2.31 bits per heavy atom. The zero-order valence-corrected chi connectivity index (χ0v) is 18.0. The molecule has 0 atom stereocenters. The highest BCUT2D eigenvalue weighted by atomic mass is 32.1. The summed E-state index contributed by atoms with van der Waals surface area (Å²) >= 11 is 1.01. The molecule has 3 aromatic carbocycles. The molecule has 162 valence electrons. The molecule has 0 unspecified atom stereocenters. The van der Waals surface area contributed by atoms with E-state index in [-0.39, 0.29) is 10.8 Å². The Morgan fingerprint density at radius 2 is 1.62 bits per heavy atom. The molecule has 32 heavy (non-hydrogen) atoms. The number of oxime groups is 1. The van der Waals surface area contributed by atoms with Crippen molar-refractivity contribution in [2.75, 3.05) is 13.2 Å². The first-order chi connectivity index (χ1) is 15.7. The number of aromatic amines is 1. The molecule has 4 aromatic rings. The molecule has 2 N–H and O–H groups in total. The van der Waals surface area contributed by atoms with E-state index in [1.165, 1.54) is 5.56 Å². The van der Waals surface area contributed by atoms with Crippen LogP contribution < -0.4 is 9.61 Å². The van der Waals surface area contributed by atoms with Gasteiger partial charge in [-0.05, 0) is 34.4 Å². The Bertz CT molecular complexity index is 1210. The number of H-pyrrole nitrogens is 1. The second kappa shape index (κ2) is 10.5. The fourth-order valence-corrected chi connectivity index (χ4v) is 3.86. The van der Waals surface area contributed by atoms with E-state index in [2.05, 4.69) is 34.4 Å². The van der Waals surface area contributed by atoms with E-state index < -0.39 is 0 Å². The maximum absolute atomic E-state index is 11.3. The van der Waals surface area contributed by atoms with Crippen LogP contribution in [0.2, 0.25) is 0 Å². The normalized spacial score (nSPS) is 11.0. The SMILES string of the molecule is O=c1[nH]c(O)c(Cc2ccc(OCCO/N=C/c3ccc(-c4ccccc4)cc3)cc2)s1. The Balaban J connectivity index is 1.19. The smallest absolute Gasteiger partial charge is 0.307 e. The minimum absolute atomic E-state index is 0.0647. The number of nitrogens with one attached hydrogen (secondary N) is 1. The molecule has 6 nitrogen and oxygen atoms in total. The van der Waals surface area contributed by atoms with Gasteiger partial charge in [0, 0.05) is 6.42 Å². The van der Waals surface area contributed by atoms with E-state index >= 15 is 0 Å². The van der Waals surface area contributed by atoms with Crippen LogP contribution in [0.3, 0.4) is 0 Å². The van der Waals surface area contributed by atoms with Crippen molar-refractivity contribution in [1.82, 2.24) is 4.98 Å². The number of aromatic nitrogens is 1. The fourth-order valence-electron chi connectivity index (χ4n) is 3.10. The number of rotatable bonds is 9. The van der Waals surface area contributed by atoms with Gasteiger partial charge < -0.3 is 14.7 Å². The third kappa shape index (κ3) is 5.86. The molecule has 0 fully saturated rings. The van der Waals surface area contributed by atoms with Crippen LogP contribution in [-0.4, -0.2) is 29.5 Å². The second-order valence-electron chi connectivity index (χ2n) is 7.01. The van der Waals surface area contributed by atoms with Crippen LogP contribution in [0, 0.1) is 0 Å². The van der Waals surface area contributed by atoms with Crippen molar-refractivity contribution in [3.63, 3.8) is 0 Å². The quantitative estimate of drug-likeness (QED) is 0.219. The van der Waals surface area contributed by atoms with Gasteiger partial charge in [-0.25, -0.2) is 0 Å². The van der Waals surface area contributed by atoms with Gasteiger partial charge in [0.25, 0.3) is 0 Å². The number of thiazole rings is 1. The lowest BCUT2D eigenvalue weighted by atomic mass is 10.0. The van der Waals surface area contributed by atoms with Crippen LogP contribution in [0.15, 0.2) is 88.8 Å². The lowest BCUT2D eigenvalue weighted by Crippen LogP contribution is -2.04. The minimum atomic E-state index is -0.260. The van der Waals surface area contributed by atoms with Crippen LogP contribution >= 0.6 is 11.3 Å². The topological polar surface area (TPSA) is 83.9 Å². The van der Waals surface area contributed by atoms with Crippen molar-refractivity contribution >= 4 is 17.6 Å². The molecule has 4 rings (SSSR count). The standard InChI is InChI=1S/C25H22N2O4S/c28-24-23(32-25(29)27-24)16-18-8-12-22(13-9-18)30-14-15-31-26-17-19-6-10-21(11-7-19)20-4-2-1-3-5-20/h1-13,17,28H,14-16H2,(H,27,29)/b26-17+. The van der Waals surface area contributed by atoms with Crippen molar-refractivity contribution in [2.45, 2.75) is 6.42 Å². The van der Waals surface area contributed by atoms with Crippen molar-refractivity contribution in [3.05, 3.63) is 105 Å². The van der Waals surface area contributed by atoms with E-state index in [9.17, 15) is 9.90 Å². The average Bonchev–Trinajstić information content (AvgIpc) is 3.14. The van der Waals surface area contributed by atoms with Crippen molar-refractivity contribution in [3.8, 4) is 22.8 Å². The third-order valence-corrected chi connectivity index (χ3v) is 5.60. The van der Waals surface area contributed by atoms with Gasteiger partial charge in [0.15, 0.2) is 6.61 Å². The molecule has 0 aliphatic carbocycles. The Morgan fingerprint density at radius 1 is 0.906 bits per heavy atom. The monoisotopic (exact) mass is 446 g/mol. The molecule has 0 bridgehead atoms. The highest BCUT2D eigenvalue weighted by Crippen LogP contribution is 2.22. The molecule has 1 aromatic heterocycles. The Kier molecular flexibility index (Phi) is 6.99. The largest absolute Gasteiger partial charge is 0.494 e. The van der Waals surface area contributed by atoms with Gasteiger partial charge >= 0.3 is 4.87 Å². The van der Waals surface area contributed by atoms with Crippen LogP contribution in [0.5, 0.6) is 11.6 Å². The van der Waals surface area contributed by atoms with Crippen LogP contribution in [-0.2, 0) is 11.3 Å². The molecule has 0 aliphatic rings. The van der Waals surface area contributed by atoms with Crippen molar-refractivity contribution < 1.29 is 14.7 Å². The maximum Gasteiger partial charge on any atom is 0.307 e. The van der Waals surface area contributed by atoms with E-state index in [1.807, 2.05) is 54.6 Å². The number of aromatic hydroxyl groups is 1. The van der Waals surface area contributed by atoms with Gasteiger partial charge in [-0.1, -0.05) is 83.2 Å². The van der Waals surface area contributed by atoms with Crippen LogP contribution in [0.25, 0.3) is 11.1 Å². The van der Waals surface area contributed by atoms with Crippen LogP contribution in [0.1, 0.15) is 16.0 Å². The fraction of sp³-hybridized carbons (Fsp3) is 0.120. The molecule has 0 radical (unpaired) electrons. The van der Waals surface area contributed by atoms with E-state index in [0.717, 1.165) is 28.0 Å². The highest BCUT2D eigenvalue weighted by Gasteiger charge is 2.07. The molecule has 0 spiro atoms. The van der Waals surface area contributed by atoms with Crippen molar-refractivity contribution in [2.24, 2.45) is 5.16 Å². The summed E-state index contributed by atoms with van der Waals surface area (Å²) in [6, 6.07) is 25.8. The Hall–Kier alpha value is -3.84. The summed E-state index contributed by atoms with van der Waals surface area (Å²) < 4.78 is 5.65. The second-order valence-corrected chi connectivity index (χ2v) is 8.08. The number of nitrogens with zero attached hydrogens (tertiary/aromatic N) is 1. The van der Waals surface area contributed by atoms with Crippen molar-refractivity contribution in [1.29, 1.82) is 0 Å². The number of hydrogen-bond acceptors (Lipinski definition) is 6. The summed E-state index contributed by atoms with van der Waals surface area (Å²) in [5, 5.41) is 13.7. The Labute approximate surface area is 189 Å². The molecule has 1 heterocycles. The predicted octanol–water partition coefficient (Wildman–Crippen LogP) is 4.83. The minimum Gasteiger partial charge on any atom is -0.494 e. The molecule has 0 amide bonds. The van der Waals surface area contributed by atoms with E-state index in [0.29, 0.717) is 30.3 Å². The average molecular weight is 447 g/mol. The van der Waals surface area contributed by atoms with E-state index in [4.69, 9.17) is 9.57 Å². The molecular formula is C25H22N2O4S. The third-order valence-electron chi connectivity index (χ3n) is 4.73.